The van der Waals surface area contributed by atoms with Crippen molar-refractivity contribution in [1.29, 1.82) is 0 Å². The van der Waals surface area contributed by atoms with E-state index in [0.717, 1.165) is 42.1 Å². The molecule has 0 fully saturated rings. The van der Waals surface area contributed by atoms with Gasteiger partial charge in [0.05, 0.1) is 52.9 Å². The van der Waals surface area contributed by atoms with E-state index in [4.69, 9.17) is 34.2 Å². The Balaban J connectivity index is 1.46. The highest BCUT2D eigenvalue weighted by Crippen LogP contribution is 2.27. The number of ether oxygens (including phenoxy) is 6. The molecule has 3 N–H and O–H groups in total. The predicted octanol–water partition coefficient (Wildman–Crippen LogP) is 3.65. The van der Waals surface area contributed by atoms with Crippen LogP contribution in [0.1, 0.15) is 30.4 Å². The molecule has 2 rings (SSSR count). The largest absolute Gasteiger partial charge is 0.494 e. The Morgan fingerprint density at radius 3 is 2.13 bits per heavy atom. The molecule has 9 heteroatoms. The van der Waals surface area contributed by atoms with E-state index in [9.17, 15) is 4.79 Å². The molecule has 0 aromatic heterocycles. The molecule has 0 saturated carbocycles. The third kappa shape index (κ3) is 14.3. The zero-order valence-electron chi connectivity index (χ0n) is 22.9. The highest BCUT2D eigenvalue weighted by Gasteiger charge is 2.05. The summed E-state index contributed by atoms with van der Waals surface area (Å²) in [6, 6.07) is 13.7. The molecule has 0 bridgehead atoms. The van der Waals surface area contributed by atoms with Gasteiger partial charge in [0.25, 0.3) is 0 Å². The van der Waals surface area contributed by atoms with Crippen LogP contribution in [0.25, 0.3) is 0 Å². The van der Waals surface area contributed by atoms with Crippen molar-refractivity contribution in [3.63, 3.8) is 0 Å². The van der Waals surface area contributed by atoms with Gasteiger partial charge in [0.15, 0.2) is 0 Å². The van der Waals surface area contributed by atoms with E-state index < -0.39 is 0 Å². The van der Waals surface area contributed by atoms with E-state index in [1.807, 2.05) is 43.3 Å². The molecule has 212 valence electrons. The number of carbonyl (C=O) groups is 1. The molecule has 0 atom stereocenters. The maximum Gasteiger partial charge on any atom is 0.220 e. The number of hydrogen-bond donors (Lipinski definition) is 2. The summed E-state index contributed by atoms with van der Waals surface area (Å²) < 4.78 is 32.8. The Morgan fingerprint density at radius 1 is 0.816 bits per heavy atom. The summed E-state index contributed by atoms with van der Waals surface area (Å²) in [6.45, 7) is 7.37. The molecule has 0 aliphatic carbocycles. The number of carbonyl (C=O) groups excluding carboxylic acids is 1. The minimum atomic E-state index is 0.0194. The topological polar surface area (TPSA) is 111 Å². The van der Waals surface area contributed by atoms with Crippen LogP contribution in [0.4, 0.5) is 0 Å². The van der Waals surface area contributed by atoms with Crippen LogP contribution in [0.2, 0.25) is 0 Å². The van der Waals surface area contributed by atoms with E-state index >= 15 is 0 Å². The van der Waals surface area contributed by atoms with Crippen molar-refractivity contribution in [2.45, 2.75) is 32.6 Å². The fourth-order valence-corrected chi connectivity index (χ4v) is 3.49. The first kappa shape index (κ1) is 31.5. The van der Waals surface area contributed by atoms with Gasteiger partial charge in [-0.3, -0.25) is 4.79 Å². The lowest BCUT2D eigenvalue weighted by molar-refractivity contribution is -0.121. The lowest BCUT2D eigenvalue weighted by atomic mass is 10.1. The Hall–Kier alpha value is -2.69. The summed E-state index contributed by atoms with van der Waals surface area (Å²) >= 11 is 0. The van der Waals surface area contributed by atoms with E-state index in [0.29, 0.717) is 72.4 Å². The maximum absolute atomic E-state index is 11.9. The second-order valence-corrected chi connectivity index (χ2v) is 8.70. The fraction of sp³-hybridized carbons (Fsp3) is 0.552. The van der Waals surface area contributed by atoms with Crippen LogP contribution in [-0.4, -0.2) is 79.0 Å². The van der Waals surface area contributed by atoms with Gasteiger partial charge in [-0.1, -0.05) is 12.1 Å². The standard InChI is InChI=1S/C29H44N2O7/c1-24-23-25(12-13-30)6-11-28(24)38-27-9-7-26(8-10-27)37-15-4-3-5-29(32)31-14-16-34-19-20-36-22-21-35-18-17-33-2/h6-11,23H,3-5,12-22,30H2,1-2H3,(H,31,32). The Bertz CT molecular complexity index is 893. The number of nitrogens with one attached hydrogen (secondary N) is 1. The summed E-state index contributed by atoms with van der Waals surface area (Å²) in [5.74, 6) is 2.37. The molecule has 2 aromatic rings. The second-order valence-electron chi connectivity index (χ2n) is 8.70. The van der Waals surface area contributed by atoms with Crippen LogP contribution in [0.15, 0.2) is 42.5 Å². The number of amides is 1. The molecule has 9 nitrogen and oxygen atoms in total. The minimum absolute atomic E-state index is 0.0194. The number of unbranched alkanes of at least 4 members (excludes halogenated alkanes) is 1. The Kier molecular flexibility index (Phi) is 16.8. The first-order chi connectivity index (χ1) is 18.6. The van der Waals surface area contributed by atoms with Crippen LogP contribution in [0.5, 0.6) is 17.2 Å². The van der Waals surface area contributed by atoms with Crippen molar-refractivity contribution >= 4 is 5.91 Å². The van der Waals surface area contributed by atoms with E-state index in [2.05, 4.69) is 11.4 Å². The van der Waals surface area contributed by atoms with Gasteiger partial charge in [0, 0.05) is 20.1 Å². The lowest BCUT2D eigenvalue weighted by Gasteiger charge is -2.11. The number of aryl methyl sites for hydroxylation is 1. The minimum Gasteiger partial charge on any atom is -0.494 e. The van der Waals surface area contributed by atoms with Gasteiger partial charge < -0.3 is 39.5 Å². The lowest BCUT2D eigenvalue weighted by Crippen LogP contribution is -2.27. The third-order valence-corrected chi connectivity index (χ3v) is 5.54. The first-order valence-electron chi connectivity index (χ1n) is 13.3. The van der Waals surface area contributed by atoms with Crippen LogP contribution < -0.4 is 20.5 Å². The average Bonchev–Trinajstić information content (AvgIpc) is 2.91. The molecule has 0 heterocycles. The van der Waals surface area contributed by atoms with Crippen molar-refractivity contribution in [3.8, 4) is 17.2 Å². The number of methoxy groups -OCH3 is 1. The van der Waals surface area contributed by atoms with E-state index in [1.165, 1.54) is 5.56 Å². The highest BCUT2D eigenvalue weighted by atomic mass is 16.6. The summed E-state index contributed by atoms with van der Waals surface area (Å²) in [6.07, 6.45) is 2.87. The quantitative estimate of drug-likeness (QED) is 0.221. The Morgan fingerprint density at radius 2 is 1.47 bits per heavy atom. The normalized spacial score (nSPS) is 10.9. The fourth-order valence-electron chi connectivity index (χ4n) is 3.49. The monoisotopic (exact) mass is 532 g/mol. The van der Waals surface area contributed by atoms with Gasteiger partial charge in [-0.25, -0.2) is 0 Å². The van der Waals surface area contributed by atoms with Gasteiger partial charge in [0.1, 0.15) is 17.2 Å². The molecule has 1 amide bonds. The molecule has 0 aliphatic heterocycles. The molecule has 0 radical (unpaired) electrons. The number of hydrogen-bond acceptors (Lipinski definition) is 8. The van der Waals surface area contributed by atoms with Gasteiger partial charge in [-0.05, 0) is 74.2 Å². The summed E-state index contributed by atoms with van der Waals surface area (Å²) in [4.78, 5) is 11.9. The van der Waals surface area contributed by atoms with Gasteiger partial charge in [-0.15, -0.1) is 0 Å². The van der Waals surface area contributed by atoms with Crippen molar-refractivity contribution in [3.05, 3.63) is 53.6 Å². The van der Waals surface area contributed by atoms with Crippen LogP contribution in [0, 0.1) is 6.92 Å². The van der Waals surface area contributed by atoms with Crippen molar-refractivity contribution in [2.24, 2.45) is 5.73 Å². The summed E-state index contributed by atoms with van der Waals surface area (Å²) in [5.41, 5.74) is 7.92. The van der Waals surface area contributed by atoms with Crippen molar-refractivity contribution in [2.75, 3.05) is 73.1 Å². The second kappa shape index (κ2) is 20.3. The SMILES string of the molecule is COCCOCCOCCOCCNC(=O)CCCCOc1ccc(Oc2ccc(CCN)cc2C)cc1. The molecule has 0 saturated heterocycles. The molecule has 2 aromatic carbocycles. The smallest absolute Gasteiger partial charge is 0.220 e. The average molecular weight is 533 g/mol. The molecular weight excluding hydrogens is 488 g/mol. The van der Waals surface area contributed by atoms with Gasteiger partial charge in [0.2, 0.25) is 5.91 Å². The zero-order chi connectivity index (χ0) is 27.3. The zero-order valence-corrected chi connectivity index (χ0v) is 22.9. The third-order valence-electron chi connectivity index (χ3n) is 5.54. The van der Waals surface area contributed by atoms with E-state index in [1.54, 1.807) is 7.11 Å². The summed E-state index contributed by atoms with van der Waals surface area (Å²) in [7, 11) is 1.64. The Labute approximate surface area is 226 Å². The predicted molar refractivity (Wildman–Crippen MR) is 147 cm³/mol. The van der Waals surface area contributed by atoms with E-state index in [-0.39, 0.29) is 5.91 Å². The van der Waals surface area contributed by atoms with Gasteiger partial charge >= 0.3 is 0 Å². The van der Waals surface area contributed by atoms with Crippen LogP contribution in [-0.2, 0) is 30.2 Å². The van der Waals surface area contributed by atoms with Crippen molar-refractivity contribution < 1.29 is 33.2 Å². The molecule has 0 unspecified atom stereocenters. The molecule has 38 heavy (non-hydrogen) atoms. The van der Waals surface area contributed by atoms with Crippen molar-refractivity contribution in [1.82, 2.24) is 5.32 Å². The molecular formula is C29H44N2O7. The number of rotatable bonds is 22. The molecule has 0 spiro atoms. The number of nitrogens with two attached hydrogens (primary N) is 1. The van der Waals surface area contributed by atoms with Crippen LogP contribution >= 0.6 is 0 Å². The summed E-state index contributed by atoms with van der Waals surface area (Å²) in [5, 5.41) is 2.86. The van der Waals surface area contributed by atoms with Gasteiger partial charge in [-0.2, -0.15) is 0 Å². The highest BCUT2D eigenvalue weighted by molar-refractivity contribution is 5.75. The molecule has 0 aliphatic rings. The van der Waals surface area contributed by atoms with Crippen LogP contribution in [0.3, 0.4) is 0 Å². The number of benzene rings is 2. The first-order valence-corrected chi connectivity index (χ1v) is 13.3. The maximum atomic E-state index is 11.9.